The Morgan fingerprint density at radius 3 is 2.52 bits per heavy atom. The summed E-state index contributed by atoms with van der Waals surface area (Å²) in [6.45, 7) is 5.55. The molecule has 0 saturated carbocycles. The standard InChI is InChI=1S/C23H24ClN5OS/c1-2-19-25-23-29(26-19)22(30)21(31-23)20(16-7-4-3-5-8-16)28-13-11-27(12-14-28)18-10-6-9-17(24)15-18/h3-10,15,20,30H,2,11-14H2,1H3. The molecule has 1 saturated heterocycles. The van der Waals surface area contributed by atoms with E-state index in [1.54, 1.807) is 4.52 Å². The van der Waals surface area contributed by atoms with Crippen LogP contribution < -0.4 is 4.90 Å². The largest absolute Gasteiger partial charge is 0.492 e. The maximum atomic E-state index is 11.0. The van der Waals surface area contributed by atoms with Crippen LogP contribution in [0.5, 0.6) is 5.88 Å². The second-order valence-electron chi connectivity index (χ2n) is 7.68. The van der Waals surface area contributed by atoms with Crippen LogP contribution in [-0.2, 0) is 6.42 Å². The van der Waals surface area contributed by atoms with Crippen molar-refractivity contribution in [2.75, 3.05) is 31.1 Å². The predicted molar refractivity (Wildman–Crippen MR) is 125 cm³/mol. The molecule has 1 N–H and O–H groups in total. The molecule has 1 atom stereocenters. The molecule has 0 spiro atoms. The number of aromatic hydroxyl groups is 1. The first-order valence-electron chi connectivity index (χ1n) is 10.5. The Balaban J connectivity index is 1.46. The Bertz CT molecular complexity index is 1180. The van der Waals surface area contributed by atoms with E-state index in [9.17, 15) is 5.11 Å². The van der Waals surface area contributed by atoms with Crippen molar-refractivity contribution in [1.29, 1.82) is 0 Å². The van der Waals surface area contributed by atoms with Crippen LogP contribution in [0.25, 0.3) is 4.96 Å². The lowest BCUT2D eigenvalue weighted by molar-refractivity contribution is 0.211. The van der Waals surface area contributed by atoms with Crippen LogP contribution >= 0.6 is 22.9 Å². The highest BCUT2D eigenvalue weighted by molar-refractivity contribution is 7.17. The van der Waals surface area contributed by atoms with Crippen molar-refractivity contribution in [3.63, 3.8) is 0 Å². The number of nitrogens with zero attached hydrogens (tertiary/aromatic N) is 5. The third-order valence-electron chi connectivity index (χ3n) is 5.78. The molecule has 0 aliphatic carbocycles. The molecule has 6 nitrogen and oxygen atoms in total. The number of thiazole rings is 1. The van der Waals surface area contributed by atoms with Crippen molar-refractivity contribution >= 4 is 33.6 Å². The maximum Gasteiger partial charge on any atom is 0.230 e. The van der Waals surface area contributed by atoms with E-state index in [4.69, 9.17) is 11.6 Å². The number of rotatable bonds is 5. The van der Waals surface area contributed by atoms with E-state index in [1.165, 1.54) is 11.3 Å². The van der Waals surface area contributed by atoms with E-state index in [0.717, 1.165) is 64.5 Å². The van der Waals surface area contributed by atoms with Gasteiger partial charge in [-0.25, -0.2) is 4.98 Å². The van der Waals surface area contributed by atoms with Gasteiger partial charge in [0.1, 0.15) is 0 Å². The molecule has 1 aliphatic rings. The number of hydrogen-bond acceptors (Lipinski definition) is 6. The molecule has 1 unspecified atom stereocenters. The van der Waals surface area contributed by atoms with Crippen molar-refractivity contribution in [3.8, 4) is 5.88 Å². The Kier molecular flexibility index (Phi) is 5.56. The second kappa shape index (κ2) is 8.49. The normalized spacial score (nSPS) is 16.1. The molecular weight excluding hydrogens is 430 g/mol. The lowest BCUT2D eigenvalue weighted by atomic mass is 10.0. The smallest absolute Gasteiger partial charge is 0.230 e. The summed E-state index contributed by atoms with van der Waals surface area (Å²) in [6.07, 6.45) is 0.747. The first-order chi connectivity index (χ1) is 15.1. The number of aryl methyl sites for hydroxylation is 1. The minimum atomic E-state index is -0.0405. The summed E-state index contributed by atoms with van der Waals surface area (Å²) in [6, 6.07) is 18.4. The van der Waals surface area contributed by atoms with Crippen LogP contribution in [0.2, 0.25) is 5.02 Å². The van der Waals surface area contributed by atoms with Crippen molar-refractivity contribution in [3.05, 3.63) is 75.9 Å². The molecule has 0 radical (unpaired) electrons. The fourth-order valence-electron chi connectivity index (χ4n) is 4.19. The van der Waals surface area contributed by atoms with Crippen LogP contribution in [0, 0.1) is 0 Å². The van der Waals surface area contributed by atoms with E-state index >= 15 is 0 Å². The molecule has 2 aromatic heterocycles. The summed E-state index contributed by atoms with van der Waals surface area (Å²) >= 11 is 7.71. The fraction of sp³-hybridized carbons (Fsp3) is 0.304. The minimum Gasteiger partial charge on any atom is -0.492 e. The molecule has 31 heavy (non-hydrogen) atoms. The summed E-state index contributed by atoms with van der Waals surface area (Å²) in [4.78, 5) is 11.0. The van der Waals surface area contributed by atoms with Crippen molar-refractivity contribution in [2.45, 2.75) is 19.4 Å². The molecule has 5 rings (SSSR count). The minimum absolute atomic E-state index is 0.0405. The van der Waals surface area contributed by atoms with Gasteiger partial charge in [0, 0.05) is 43.3 Å². The number of benzene rings is 2. The van der Waals surface area contributed by atoms with Crippen molar-refractivity contribution < 1.29 is 5.11 Å². The molecule has 1 aliphatic heterocycles. The van der Waals surface area contributed by atoms with Gasteiger partial charge in [0.2, 0.25) is 10.8 Å². The van der Waals surface area contributed by atoms with E-state index in [0.29, 0.717) is 0 Å². The highest BCUT2D eigenvalue weighted by Gasteiger charge is 2.31. The van der Waals surface area contributed by atoms with Gasteiger partial charge in [-0.15, -0.1) is 5.10 Å². The summed E-state index contributed by atoms with van der Waals surface area (Å²) in [5, 5.41) is 16.3. The van der Waals surface area contributed by atoms with Crippen molar-refractivity contribution in [2.24, 2.45) is 0 Å². The first-order valence-corrected chi connectivity index (χ1v) is 11.7. The molecule has 2 aromatic carbocycles. The molecule has 4 aromatic rings. The van der Waals surface area contributed by atoms with Gasteiger partial charge in [-0.1, -0.05) is 66.3 Å². The van der Waals surface area contributed by atoms with Gasteiger partial charge in [0.05, 0.1) is 10.9 Å². The zero-order valence-electron chi connectivity index (χ0n) is 17.3. The van der Waals surface area contributed by atoms with Gasteiger partial charge in [-0.2, -0.15) is 4.52 Å². The zero-order valence-corrected chi connectivity index (χ0v) is 18.9. The van der Waals surface area contributed by atoms with E-state index in [-0.39, 0.29) is 11.9 Å². The average molecular weight is 454 g/mol. The van der Waals surface area contributed by atoms with Gasteiger partial charge in [-0.3, -0.25) is 4.90 Å². The molecule has 3 heterocycles. The number of hydrogen-bond donors (Lipinski definition) is 1. The summed E-state index contributed by atoms with van der Waals surface area (Å²) in [7, 11) is 0. The fourth-order valence-corrected chi connectivity index (χ4v) is 5.51. The van der Waals surface area contributed by atoms with Crippen LogP contribution in [0.4, 0.5) is 5.69 Å². The Morgan fingerprint density at radius 1 is 1.06 bits per heavy atom. The number of piperazine rings is 1. The lowest BCUT2D eigenvalue weighted by Gasteiger charge is -2.40. The number of anilines is 1. The SMILES string of the molecule is CCc1nc2sc(C(c3ccccc3)N3CCN(c4cccc(Cl)c4)CC3)c(O)n2n1. The van der Waals surface area contributed by atoms with Crippen LogP contribution in [0.3, 0.4) is 0 Å². The molecule has 8 heteroatoms. The Morgan fingerprint density at radius 2 is 1.84 bits per heavy atom. The molecule has 1 fully saturated rings. The van der Waals surface area contributed by atoms with E-state index in [1.807, 2.05) is 43.3 Å². The third kappa shape index (κ3) is 3.89. The van der Waals surface area contributed by atoms with Gasteiger partial charge in [0.25, 0.3) is 0 Å². The highest BCUT2D eigenvalue weighted by atomic mass is 35.5. The quantitative estimate of drug-likeness (QED) is 0.477. The first kappa shape index (κ1) is 20.3. The monoisotopic (exact) mass is 453 g/mol. The van der Waals surface area contributed by atoms with E-state index < -0.39 is 0 Å². The summed E-state index contributed by atoms with van der Waals surface area (Å²) < 4.78 is 1.58. The Labute approximate surface area is 190 Å². The van der Waals surface area contributed by atoms with Crippen LogP contribution in [-0.4, -0.2) is 50.8 Å². The topological polar surface area (TPSA) is 56.9 Å². The van der Waals surface area contributed by atoms with Gasteiger partial charge >= 0.3 is 0 Å². The second-order valence-corrected chi connectivity index (χ2v) is 9.13. The molecule has 0 amide bonds. The number of fused-ring (bicyclic) bond motifs is 1. The Hall–Kier alpha value is -2.61. The van der Waals surface area contributed by atoms with Crippen molar-refractivity contribution in [1.82, 2.24) is 19.5 Å². The van der Waals surface area contributed by atoms with Crippen LogP contribution in [0.15, 0.2) is 54.6 Å². The predicted octanol–water partition coefficient (Wildman–Crippen LogP) is 4.62. The summed E-state index contributed by atoms with van der Waals surface area (Å²) in [5.74, 6) is 0.942. The van der Waals surface area contributed by atoms with E-state index in [2.05, 4.69) is 38.1 Å². The van der Waals surface area contributed by atoms with Gasteiger partial charge < -0.3 is 10.0 Å². The van der Waals surface area contributed by atoms with Gasteiger partial charge in [0.15, 0.2) is 5.82 Å². The average Bonchev–Trinajstić information content (AvgIpc) is 3.34. The summed E-state index contributed by atoms with van der Waals surface area (Å²) in [5.41, 5.74) is 2.31. The third-order valence-corrected chi connectivity index (χ3v) is 7.08. The lowest BCUT2D eigenvalue weighted by Crippen LogP contribution is -2.47. The molecule has 0 bridgehead atoms. The maximum absolute atomic E-state index is 11.0. The molecular formula is C23H24ClN5OS. The highest BCUT2D eigenvalue weighted by Crippen LogP contribution is 2.40. The molecule has 160 valence electrons. The number of aromatic nitrogens is 3. The van der Waals surface area contributed by atoms with Gasteiger partial charge in [-0.05, 0) is 23.8 Å². The van der Waals surface area contributed by atoms with Crippen LogP contribution in [0.1, 0.15) is 29.2 Å². The number of halogens is 1. The zero-order chi connectivity index (χ0) is 21.4.